The predicted octanol–water partition coefficient (Wildman–Crippen LogP) is 0.0383. The summed E-state index contributed by atoms with van der Waals surface area (Å²) in [4.78, 5) is 36.8. The number of carbonyl (C=O) groups excluding carboxylic acids is 2. The molecule has 1 atom stereocenters. The molecular weight excluding hydrogens is 272 g/mol. The molecule has 9 heteroatoms. The lowest BCUT2D eigenvalue weighted by atomic mass is 10.0. The number of aliphatic carboxylic acids is 1. The van der Waals surface area contributed by atoms with Crippen molar-refractivity contribution in [1.29, 1.82) is 0 Å². The first-order valence-electron chi connectivity index (χ1n) is 5.41. The molecule has 104 valence electrons. The fraction of sp³-hybridized carbons (Fsp3) is 0.400. The molecule has 8 nitrogen and oxygen atoms in total. The van der Waals surface area contributed by atoms with Crippen molar-refractivity contribution in [1.82, 2.24) is 9.88 Å². The lowest BCUT2D eigenvalue weighted by Gasteiger charge is -2.33. The summed E-state index contributed by atoms with van der Waals surface area (Å²) in [6.07, 6.45) is 2.72. The van der Waals surface area contributed by atoms with E-state index in [0.29, 0.717) is 10.0 Å². The highest BCUT2D eigenvalue weighted by atomic mass is 32.1. The Balaban J connectivity index is 0.000000200. The molecule has 0 saturated carbocycles. The van der Waals surface area contributed by atoms with Gasteiger partial charge < -0.3 is 16.6 Å². The molecule has 0 radical (unpaired) electrons. The van der Waals surface area contributed by atoms with Gasteiger partial charge in [-0.2, -0.15) is 0 Å². The summed E-state index contributed by atoms with van der Waals surface area (Å²) in [5, 5.41) is 9.04. The molecule has 5 N–H and O–H groups in total. The summed E-state index contributed by atoms with van der Waals surface area (Å²) in [5.41, 5.74) is 10.1. The van der Waals surface area contributed by atoms with Crippen molar-refractivity contribution >= 4 is 34.4 Å². The quantitative estimate of drug-likeness (QED) is 0.656. The predicted molar refractivity (Wildman–Crippen MR) is 68.4 cm³/mol. The van der Waals surface area contributed by atoms with E-state index >= 15 is 0 Å². The lowest BCUT2D eigenvalue weighted by Crippen LogP contribution is -2.60. The van der Waals surface area contributed by atoms with E-state index in [1.165, 1.54) is 4.88 Å². The molecule has 1 unspecified atom stereocenters. The van der Waals surface area contributed by atoms with Crippen LogP contribution in [-0.2, 0) is 16.0 Å². The number of rotatable bonds is 2. The molecule has 2 heterocycles. The van der Waals surface area contributed by atoms with Gasteiger partial charge in [-0.15, -0.1) is 11.3 Å². The number of urea groups is 1. The molecule has 1 aliphatic rings. The van der Waals surface area contributed by atoms with Crippen molar-refractivity contribution in [3.05, 3.63) is 11.1 Å². The largest absolute Gasteiger partial charge is 0.480 e. The van der Waals surface area contributed by atoms with Crippen molar-refractivity contribution in [2.24, 2.45) is 5.73 Å². The number of aryl methyl sites for hydroxylation is 1. The molecule has 2 rings (SSSR count). The first-order valence-corrected chi connectivity index (χ1v) is 6.23. The Bertz CT molecular complexity index is 493. The highest BCUT2D eigenvalue weighted by Gasteiger charge is 2.44. The zero-order chi connectivity index (χ0) is 14.6. The number of carbonyl (C=O) groups is 3. The van der Waals surface area contributed by atoms with Gasteiger partial charge in [0.2, 0.25) is 5.91 Å². The number of amides is 3. The van der Waals surface area contributed by atoms with E-state index in [-0.39, 0.29) is 6.42 Å². The Hall–Kier alpha value is -2.16. The molecule has 1 aromatic rings. The van der Waals surface area contributed by atoms with Crippen LogP contribution in [0.25, 0.3) is 0 Å². The topological polar surface area (TPSA) is 140 Å². The molecule has 0 aliphatic carbocycles. The van der Waals surface area contributed by atoms with Gasteiger partial charge in [-0.25, -0.2) is 19.5 Å². The molecule has 1 fully saturated rings. The average Bonchev–Trinajstić information content (AvgIpc) is 2.71. The highest BCUT2D eigenvalue weighted by molar-refractivity contribution is 7.15. The zero-order valence-corrected chi connectivity index (χ0v) is 11.0. The third-order valence-electron chi connectivity index (χ3n) is 2.39. The summed E-state index contributed by atoms with van der Waals surface area (Å²) in [6, 6.07) is -2.06. The van der Waals surface area contributed by atoms with E-state index < -0.39 is 23.9 Å². The Labute approximate surface area is 113 Å². The van der Waals surface area contributed by atoms with Crippen LogP contribution in [0.2, 0.25) is 0 Å². The molecule has 1 saturated heterocycles. The van der Waals surface area contributed by atoms with E-state index in [4.69, 9.17) is 16.6 Å². The minimum absolute atomic E-state index is 0.141. The van der Waals surface area contributed by atoms with Gasteiger partial charge in [-0.3, -0.25) is 4.79 Å². The van der Waals surface area contributed by atoms with Crippen LogP contribution >= 0.6 is 11.3 Å². The smallest absolute Gasteiger partial charge is 0.327 e. The van der Waals surface area contributed by atoms with Gasteiger partial charge in [-0.05, 0) is 6.42 Å². The summed E-state index contributed by atoms with van der Waals surface area (Å²) in [6.45, 7) is 2.09. The molecule has 0 spiro atoms. The maximum absolute atomic E-state index is 10.5. The Kier molecular flexibility index (Phi) is 4.81. The van der Waals surface area contributed by atoms with E-state index in [1.807, 2.05) is 6.20 Å². The number of primary amides is 1. The standard InChI is InChI=1S/C5H6N2O4.C5H8N2S/c6-5(11)7-2(4(9)10)1-3(7)8;1-2-4-3-7-5(6)8-4/h2H,1H2,(H2,6,11)(H,9,10);3H,2H2,1H3,(H2,6,7). The first kappa shape index (κ1) is 14.9. The Morgan fingerprint density at radius 2 is 2.26 bits per heavy atom. The first-order chi connectivity index (χ1) is 8.86. The van der Waals surface area contributed by atoms with Crippen LogP contribution in [0, 0.1) is 0 Å². The zero-order valence-electron chi connectivity index (χ0n) is 10.2. The third-order valence-corrected chi connectivity index (χ3v) is 3.36. The summed E-state index contributed by atoms with van der Waals surface area (Å²) < 4.78 is 0. The lowest BCUT2D eigenvalue weighted by molar-refractivity contribution is -0.157. The molecule has 0 bridgehead atoms. The van der Waals surface area contributed by atoms with E-state index in [2.05, 4.69) is 11.9 Å². The number of β-lactam (4-membered cyclic amide) rings is 1. The van der Waals surface area contributed by atoms with Gasteiger partial charge in [0.25, 0.3) is 0 Å². The van der Waals surface area contributed by atoms with Crippen LogP contribution in [0.5, 0.6) is 0 Å². The number of hydrogen-bond donors (Lipinski definition) is 3. The summed E-state index contributed by atoms with van der Waals surface area (Å²) in [7, 11) is 0. The van der Waals surface area contributed by atoms with Gasteiger partial charge in [0, 0.05) is 11.1 Å². The van der Waals surface area contributed by atoms with E-state index in [0.717, 1.165) is 6.42 Å². The monoisotopic (exact) mass is 286 g/mol. The van der Waals surface area contributed by atoms with Crippen LogP contribution < -0.4 is 11.5 Å². The molecule has 19 heavy (non-hydrogen) atoms. The van der Waals surface area contributed by atoms with Crippen molar-refractivity contribution < 1.29 is 19.5 Å². The number of anilines is 1. The van der Waals surface area contributed by atoms with Crippen LogP contribution in [0.3, 0.4) is 0 Å². The number of aromatic nitrogens is 1. The summed E-state index contributed by atoms with van der Waals surface area (Å²) in [5.74, 6) is -1.74. The number of likely N-dealkylation sites (tertiary alicyclic amines) is 1. The number of nitrogens with two attached hydrogens (primary N) is 2. The minimum Gasteiger partial charge on any atom is -0.480 e. The van der Waals surface area contributed by atoms with Crippen LogP contribution in [0.4, 0.5) is 9.93 Å². The Morgan fingerprint density at radius 3 is 2.47 bits per heavy atom. The fourth-order valence-electron chi connectivity index (χ4n) is 1.38. The number of nitrogen functional groups attached to an aromatic ring is 1. The second-order valence-corrected chi connectivity index (χ2v) is 4.83. The third kappa shape index (κ3) is 3.65. The molecule has 3 amide bonds. The maximum atomic E-state index is 10.5. The van der Waals surface area contributed by atoms with Gasteiger partial charge in [0.05, 0.1) is 6.42 Å². The Morgan fingerprint density at radius 1 is 1.63 bits per heavy atom. The molecule has 1 aromatic heterocycles. The van der Waals surface area contributed by atoms with Crippen LogP contribution in [-0.4, -0.2) is 38.9 Å². The van der Waals surface area contributed by atoms with E-state index in [9.17, 15) is 14.4 Å². The van der Waals surface area contributed by atoms with Crippen molar-refractivity contribution in [3.63, 3.8) is 0 Å². The molecular formula is C10H14N4O4S. The normalized spacial score (nSPS) is 17.2. The van der Waals surface area contributed by atoms with Gasteiger partial charge in [0.15, 0.2) is 5.13 Å². The van der Waals surface area contributed by atoms with Gasteiger partial charge in [0.1, 0.15) is 6.04 Å². The highest BCUT2D eigenvalue weighted by Crippen LogP contribution is 2.18. The SMILES string of the molecule is CCc1cnc(N)s1.NC(=O)N1C(=O)CC1C(=O)O. The van der Waals surface area contributed by atoms with Crippen LogP contribution in [0.1, 0.15) is 18.2 Å². The number of thiazole rings is 1. The second-order valence-electron chi connectivity index (χ2n) is 3.68. The fourth-order valence-corrected chi connectivity index (χ4v) is 2.00. The van der Waals surface area contributed by atoms with Gasteiger partial charge in [-0.1, -0.05) is 6.92 Å². The molecule has 0 aromatic carbocycles. The second kappa shape index (κ2) is 6.14. The number of nitrogens with zero attached hydrogens (tertiary/aromatic N) is 2. The average molecular weight is 286 g/mol. The maximum Gasteiger partial charge on any atom is 0.327 e. The number of carboxylic acid groups (broad SMARTS) is 1. The number of carboxylic acids is 1. The van der Waals surface area contributed by atoms with Crippen molar-refractivity contribution in [2.75, 3.05) is 5.73 Å². The number of hydrogen-bond acceptors (Lipinski definition) is 6. The molecule has 1 aliphatic heterocycles. The van der Waals surface area contributed by atoms with E-state index in [1.54, 1.807) is 11.3 Å². The van der Waals surface area contributed by atoms with Gasteiger partial charge >= 0.3 is 12.0 Å². The summed E-state index contributed by atoms with van der Waals surface area (Å²) >= 11 is 1.55. The van der Waals surface area contributed by atoms with Crippen LogP contribution in [0.15, 0.2) is 6.20 Å². The van der Waals surface area contributed by atoms with Crippen molar-refractivity contribution in [3.8, 4) is 0 Å². The minimum atomic E-state index is -1.21. The number of imide groups is 1. The van der Waals surface area contributed by atoms with Crippen molar-refractivity contribution in [2.45, 2.75) is 25.8 Å².